The lowest BCUT2D eigenvalue weighted by Crippen LogP contribution is -2.50. The number of nitrogens with zero attached hydrogens (tertiary/aromatic N) is 1. The number of rotatable bonds is 5. The third-order valence-electron chi connectivity index (χ3n) is 4.95. The Balaban J connectivity index is 1.62. The van der Waals surface area contributed by atoms with E-state index in [0.717, 1.165) is 11.6 Å². The summed E-state index contributed by atoms with van der Waals surface area (Å²) in [5.41, 5.74) is -0.238. The first kappa shape index (κ1) is 19.2. The molecule has 1 N–H and O–H groups in total. The first-order valence-electron chi connectivity index (χ1n) is 8.57. The summed E-state index contributed by atoms with van der Waals surface area (Å²) in [6, 6.07) is 12.8. The third kappa shape index (κ3) is 4.06. The Morgan fingerprint density at radius 2 is 1.81 bits per heavy atom. The lowest BCUT2D eigenvalue weighted by Gasteiger charge is -2.39. The molecule has 1 aliphatic rings. The molecule has 1 aliphatic heterocycles. The molecular formula is C20H19ClFNO4. The zero-order valence-corrected chi connectivity index (χ0v) is 15.3. The maximum atomic E-state index is 13.1. The molecule has 0 spiro atoms. The van der Waals surface area contributed by atoms with E-state index in [9.17, 15) is 19.1 Å². The average Bonchev–Trinajstić information content (AvgIpc) is 2.67. The van der Waals surface area contributed by atoms with E-state index in [0.29, 0.717) is 25.9 Å². The van der Waals surface area contributed by atoms with Gasteiger partial charge >= 0.3 is 5.97 Å². The van der Waals surface area contributed by atoms with E-state index in [-0.39, 0.29) is 23.3 Å². The van der Waals surface area contributed by atoms with Crippen LogP contribution in [0.5, 0.6) is 5.75 Å². The van der Waals surface area contributed by atoms with Crippen LogP contribution in [0.25, 0.3) is 0 Å². The van der Waals surface area contributed by atoms with Gasteiger partial charge in [-0.2, -0.15) is 0 Å². The average molecular weight is 392 g/mol. The minimum absolute atomic E-state index is 0.0930. The molecule has 0 atom stereocenters. The van der Waals surface area contributed by atoms with Crippen molar-refractivity contribution in [3.8, 4) is 5.75 Å². The summed E-state index contributed by atoms with van der Waals surface area (Å²) in [5, 5.41) is 9.89. The van der Waals surface area contributed by atoms with Gasteiger partial charge in [-0.25, -0.2) is 4.39 Å². The van der Waals surface area contributed by atoms with Gasteiger partial charge in [-0.1, -0.05) is 41.9 Å². The van der Waals surface area contributed by atoms with Gasteiger partial charge in [-0.3, -0.25) is 9.59 Å². The monoisotopic (exact) mass is 391 g/mol. The number of hydrogen-bond acceptors (Lipinski definition) is 3. The molecular weight excluding hydrogens is 373 g/mol. The molecule has 0 radical (unpaired) electrons. The van der Waals surface area contributed by atoms with Crippen LogP contribution in [-0.4, -0.2) is 41.6 Å². The Morgan fingerprint density at radius 1 is 1.15 bits per heavy atom. The molecule has 0 unspecified atom stereocenters. The molecule has 142 valence electrons. The summed E-state index contributed by atoms with van der Waals surface area (Å²) >= 11 is 5.88. The van der Waals surface area contributed by atoms with Crippen LogP contribution >= 0.6 is 11.6 Å². The zero-order chi connectivity index (χ0) is 19.4. The van der Waals surface area contributed by atoms with Gasteiger partial charge in [-0.05, 0) is 36.6 Å². The van der Waals surface area contributed by atoms with Crippen molar-refractivity contribution >= 4 is 23.5 Å². The second-order valence-corrected chi connectivity index (χ2v) is 6.90. The highest BCUT2D eigenvalue weighted by Gasteiger charge is 2.43. The molecule has 3 rings (SSSR count). The molecule has 0 aliphatic carbocycles. The highest BCUT2D eigenvalue weighted by molar-refractivity contribution is 6.32. The van der Waals surface area contributed by atoms with Crippen molar-refractivity contribution < 1.29 is 23.8 Å². The molecule has 1 saturated heterocycles. The first-order valence-corrected chi connectivity index (χ1v) is 8.95. The van der Waals surface area contributed by atoms with E-state index < -0.39 is 17.2 Å². The van der Waals surface area contributed by atoms with Crippen LogP contribution < -0.4 is 4.74 Å². The van der Waals surface area contributed by atoms with Crippen molar-refractivity contribution in [2.75, 3.05) is 19.7 Å². The molecule has 0 saturated carbocycles. The van der Waals surface area contributed by atoms with Crippen LogP contribution in [-0.2, 0) is 15.0 Å². The van der Waals surface area contributed by atoms with E-state index in [2.05, 4.69) is 0 Å². The maximum absolute atomic E-state index is 13.1. The smallest absolute Gasteiger partial charge is 0.314 e. The zero-order valence-electron chi connectivity index (χ0n) is 14.5. The van der Waals surface area contributed by atoms with Crippen LogP contribution in [0, 0.1) is 5.82 Å². The largest absolute Gasteiger partial charge is 0.482 e. The van der Waals surface area contributed by atoms with Crippen LogP contribution in [0.1, 0.15) is 18.4 Å². The number of ether oxygens (including phenoxy) is 1. The van der Waals surface area contributed by atoms with E-state index >= 15 is 0 Å². The molecule has 7 heteroatoms. The number of likely N-dealkylation sites (tertiary alicyclic amines) is 1. The molecule has 0 aromatic heterocycles. The Morgan fingerprint density at radius 3 is 2.41 bits per heavy atom. The summed E-state index contributed by atoms with van der Waals surface area (Å²) in [5.74, 6) is -1.40. The molecule has 5 nitrogen and oxygen atoms in total. The maximum Gasteiger partial charge on any atom is 0.314 e. The van der Waals surface area contributed by atoms with Gasteiger partial charge in [-0.15, -0.1) is 0 Å². The number of halogens is 2. The summed E-state index contributed by atoms with van der Waals surface area (Å²) in [6.07, 6.45) is 0.658. The third-order valence-corrected chi connectivity index (χ3v) is 5.25. The predicted octanol–water partition coefficient (Wildman–Crippen LogP) is 3.50. The number of carbonyl (C=O) groups excluding carboxylic acids is 1. The van der Waals surface area contributed by atoms with Crippen molar-refractivity contribution in [3.63, 3.8) is 0 Å². The van der Waals surface area contributed by atoms with Crippen LogP contribution in [0.4, 0.5) is 4.39 Å². The number of hydrogen-bond donors (Lipinski definition) is 1. The molecule has 2 aromatic rings. The fourth-order valence-electron chi connectivity index (χ4n) is 3.34. The topological polar surface area (TPSA) is 66.8 Å². The van der Waals surface area contributed by atoms with Crippen molar-refractivity contribution in [1.29, 1.82) is 0 Å². The number of piperidine rings is 1. The quantitative estimate of drug-likeness (QED) is 0.847. The number of carboxylic acids is 1. The highest BCUT2D eigenvalue weighted by atomic mass is 35.5. The van der Waals surface area contributed by atoms with Crippen molar-refractivity contribution in [2.24, 2.45) is 0 Å². The van der Waals surface area contributed by atoms with Gasteiger partial charge in [0, 0.05) is 13.1 Å². The van der Waals surface area contributed by atoms with Crippen molar-refractivity contribution in [2.45, 2.75) is 18.3 Å². The fraction of sp³-hybridized carbons (Fsp3) is 0.300. The van der Waals surface area contributed by atoms with E-state index in [4.69, 9.17) is 16.3 Å². The van der Waals surface area contributed by atoms with Gasteiger partial charge in [0.1, 0.15) is 11.6 Å². The molecule has 27 heavy (non-hydrogen) atoms. The van der Waals surface area contributed by atoms with Crippen LogP contribution in [0.15, 0.2) is 48.5 Å². The van der Waals surface area contributed by atoms with E-state index in [1.54, 1.807) is 4.90 Å². The number of carbonyl (C=O) groups is 2. The highest BCUT2D eigenvalue weighted by Crippen LogP contribution is 2.36. The minimum Gasteiger partial charge on any atom is -0.482 e. The van der Waals surface area contributed by atoms with Crippen LogP contribution in [0.2, 0.25) is 5.02 Å². The predicted molar refractivity (Wildman–Crippen MR) is 98.5 cm³/mol. The van der Waals surface area contributed by atoms with Gasteiger partial charge in [0.2, 0.25) is 0 Å². The van der Waals surface area contributed by atoms with Gasteiger partial charge < -0.3 is 14.7 Å². The van der Waals surface area contributed by atoms with Gasteiger partial charge in [0.25, 0.3) is 5.91 Å². The molecule has 1 heterocycles. The van der Waals surface area contributed by atoms with Crippen molar-refractivity contribution in [1.82, 2.24) is 4.90 Å². The first-order chi connectivity index (χ1) is 12.9. The Bertz CT molecular complexity index is 835. The lowest BCUT2D eigenvalue weighted by molar-refractivity contribution is -0.148. The van der Waals surface area contributed by atoms with Gasteiger partial charge in [0.15, 0.2) is 6.61 Å². The number of amides is 1. The fourth-order valence-corrected chi connectivity index (χ4v) is 3.57. The summed E-state index contributed by atoms with van der Waals surface area (Å²) in [6.45, 7) is 0.401. The SMILES string of the molecule is O=C(COc1ccc(F)cc1Cl)N1CCC(C(=O)O)(c2ccccc2)CC1. The summed E-state index contributed by atoms with van der Waals surface area (Å²) < 4.78 is 18.4. The standard InChI is InChI=1S/C20H19ClFNO4/c21-16-12-15(22)6-7-17(16)27-13-18(24)23-10-8-20(9-11-23,19(25)26)14-4-2-1-3-5-14/h1-7,12H,8-11,13H2,(H,25,26). The number of benzene rings is 2. The second kappa shape index (κ2) is 7.96. The normalized spacial score (nSPS) is 16.0. The lowest BCUT2D eigenvalue weighted by atomic mass is 9.73. The van der Waals surface area contributed by atoms with E-state index in [1.165, 1.54) is 12.1 Å². The second-order valence-electron chi connectivity index (χ2n) is 6.50. The molecule has 0 bridgehead atoms. The number of aliphatic carboxylic acids is 1. The molecule has 1 amide bonds. The van der Waals surface area contributed by atoms with Crippen LogP contribution in [0.3, 0.4) is 0 Å². The van der Waals surface area contributed by atoms with Crippen molar-refractivity contribution in [3.05, 3.63) is 64.9 Å². The Kier molecular flexibility index (Phi) is 5.65. The Hall–Kier alpha value is -2.60. The van der Waals surface area contributed by atoms with E-state index in [1.807, 2.05) is 30.3 Å². The Labute approximate surface area is 161 Å². The number of carboxylic acid groups (broad SMARTS) is 1. The summed E-state index contributed by atoms with van der Waals surface area (Å²) in [7, 11) is 0. The molecule has 1 fully saturated rings. The summed E-state index contributed by atoms with van der Waals surface area (Å²) in [4.78, 5) is 25.9. The molecule has 2 aromatic carbocycles. The minimum atomic E-state index is -0.987. The van der Waals surface area contributed by atoms with Gasteiger partial charge in [0.05, 0.1) is 10.4 Å².